The third kappa shape index (κ3) is 8.74. The van der Waals surface area contributed by atoms with Gasteiger partial charge in [0, 0.05) is 36.1 Å². The molecule has 2 aliphatic carbocycles. The van der Waals surface area contributed by atoms with Gasteiger partial charge < -0.3 is 29.7 Å². The average molecular weight is 791 g/mol. The molecule has 0 radical (unpaired) electrons. The van der Waals surface area contributed by atoms with E-state index in [2.05, 4.69) is 26.9 Å². The number of carbonyl (C=O) groups excluding carboxylic acids is 4. The Labute approximate surface area is 327 Å². The summed E-state index contributed by atoms with van der Waals surface area (Å²) in [5, 5.41) is 5.51. The van der Waals surface area contributed by atoms with Crippen molar-refractivity contribution in [2.75, 3.05) is 13.7 Å². The van der Waals surface area contributed by atoms with E-state index in [9.17, 15) is 27.6 Å². The van der Waals surface area contributed by atoms with Crippen LogP contribution in [0.3, 0.4) is 0 Å². The van der Waals surface area contributed by atoms with Crippen molar-refractivity contribution in [1.29, 1.82) is 0 Å². The highest BCUT2D eigenvalue weighted by atomic mass is 32.2. The molecule has 1 aromatic carbocycles. The van der Waals surface area contributed by atoms with Gasteiger partial charge in [-0.05, 0) is 69.7 Å². The van der Waals surface area contributed by atoms with Crippen molar-refractivity contribution in [3.8, 4) is 22.9 Å². The van der Waals surface area contributed by atoms with E-state index in [1.54, 1.807) is 79.1 Å². The highest BCUT2D eigenvalue weighted by Gasteiger charge is 2.62. The number of ether oxygens (including phenoxy) is 3. The SMILES string of the molecule is C=C[C@@H]1C[C@]1(NC(=O)[C@@H]1C[C@@H](Oc2cc(-c3ccccn3)nc3cc(OC)ccc23)CN1C(=O)[C@@H](NC(=O)OC(C)(C)C)C(C)(C)C)C(=O)NS(=O)(=O)C1CC1. The van der Waals surface area contributed by atoms with Crippen LogP contribution in [0.15, 0.2) is 61.3 Å². The van der Waals surface area contributed by atoms with Crippen LogP contribution in [0.25, 0.3) is 22.3 Å². The Balaban J connectivity index is 1.34. The number of hydrogen-bond acceptors (Lipinski definition) is 11. The van der Waals surface area contributed by atoms with Crippen LogP contribution >= 0.6 is 0 Å². The molecule has 56 heavy (non-hydrogen) atoms. The number of amides is 4. The number of nitrogens with one attached hydrogen (secondary N) is 3. The van der Waals surface area contributed by atoms with E-state index in [0.29, 0.717) is 46.6 Å². The largest absolute Gasteiger partial charge is 0.497 e. The van der Waals surface area contributed by atoms with Gasteiger partial charge in [0.05, 0.1) is 35.8 Å². The Bertz CT molecular complexity index is 2150. The van der Waals surface area contributed by atoms with Crippen LogP contribution in [-0.4, -0.2) is 95.3 Å². The Morgan fingerprint density at radius 2 is 1.77 bits per heavy atom. The molecule has 1 aliphatic heterocycles. The summed E-state index contributed by atoms with van der Waals surface area (Å²) in [5.74, 6) is -1.65. The third-order valence-electron chi connectivity index (χ3n) is 10.1. The number of methoxy groups -OCH3 is 1. The number of carbonyl (C=O) groups is 4. The molecule has 0 unspecified atom stereocenters. The molecular weight excluding hydrogens is 741 g/mol. The monoisotopic (exact) mass is 790 g/mol. The summed E-state index contributed by atoms with van der Waals surface area (Å²) in [6.07, 6.45) is 2.61. The normalized spacial score (nSPS) is 22.8. The summed E-state index contributed by atoms with van der Waals surface area (Å²) < 4.78 is 45.3. The lowest BCUT2D eigenvalue weighted by atomic mass is 9.85. The molecule has 16 heteroatoms. The third-order valence-corrected chi connectivity index (χ3v) is 11.9. The van der Waals surface area contributed by atoms with Crippen LogP contribution in [0.4, 0.5) is 4.79 Å². The molecule has 5 atom stereocenters. The average Bonchev–Trinajstić information content (AvgIpc) is 4.06. The fourth-order valence-corrected chi connectivity index (χ4v) is 8.22. The molecule has 0 bridgehead atoms. The molecule has 1 saturated heterocycles. The van der Waals surface area contributed by atoms with Gasteiger partial charge in [0.15, 0.2) is 0 Å². The van der Waals surface area contributed by atoms with Crippen molar-refractivity contribution in [2.24, 2.45) is 11.3 Å². The lowest BCUT2D eigenvalue weighted by Gasteiger charge is -2.36. The number of benzene rings is 1. The summed E-state index contributed by atoms with van der Waals surface area (Å²) in [4.78, 5) is 66.3. The zero-order valence-corrected chi connectivity index (χ0v) is 33.6. The summed E-state index contributed by atoms with van der Waals surface area (Å²) in [7, 11) is -2.37. The molecule has 3 aliphatic rings. The molecule has 2 aromatic heterocycles. The van der Waals surface area contributed by atoms with Gasteiger partial charge in [-0.3, -0.25) is 24.1 Å². The van der Waals surface area contributed by atoms with E-state index in [4.69, 9.17) is 19.2 Å². The van der Waals surface area contributed by atoms with E-state index >= 15 is 0 Å². The molecular formula is C40H50N6O9S. The number of rotatable bonds is 12. The first-order valence-electron chi connectivity index (χ1n) is 18.6. The summed E-state index contributed by atoms with van der Waals surface area (Å²) in [5.41, 5.74) is -1.58. The quantitative estimate of drug-likeness (QED) is 0.222. The maximum atomic E-state index is 14.6. The number of pyridine rings is 2. The smallest absolute Gasteiger partial charge is 0.408 e. The fourth-order valence-electron chi connectivity index (χ4n) is 6.86. The van der Waals surface area contributed by atoms with Crippen LogP contribution < -0.4 is 24.8 Å². The van der Waals surface area contributed by atoms with Gasteiger partial charge in [-0.1, -0.05) is 32.9 Å². The molecule has 3 fully saturated rings. The number of hydrogen-bond donors (Lipinski definition) is 3. The zero-order chi connectivity index (χ0) is 40.8. The number of alkyl carbamates (subject to hydrolysis) is 1. The van der Waals surface area contributed by atoms with Crippen molar-refractivity contribution in [3.63, 3.8) is 0 Å². The topological polar surface area (TPSA) is 195 Å². The minimum absolute atomic E-state index is 0.00338. The molecule has 0 spiro atoms. The maximum absolute atomic E-state index is 14.6. The van der Waals surface area contributed by atoms with Crippen LogP contribution in [-0.2, 0) is 29.1 Å². The van der Waals surface area contributed by atoms with E-state index < -0.39 is 79.7 Å². The fraction of sp³-hybridized carbons (Fsp3) is 0.500. The Morgan fingerprint density at radius 1 is 1.04 bits per heavy atom. The predicted octanol–water partition coefficient (Wildman–Crippen LogP) is 4.26. The summed E-state index contributed by atoms with van der Waals surface area (Å²) in [6.45, 7) is 14.2. The van der Waals surface area contributed by atoms with Crippen molar-refractivity contribution < 1.29 is 41.8 Å². The highest BCUT2D eigenvalue weighted by molar-refractivity contribution is 7.91. The van der Waals surface area contributed by atoms with Crippen LogP contribution in [0.5, 0.6) is 11.5 Å². The van der Waals surface area contributed by atoms with Gasteiger partial charge in [-0.2, -0.15) is 0 Å². The lowest BCUT2D eigenvalue weighted by molar-refractivity contribution is -0.143. The predicted molar refractivity (Wildman–Crippen MR) is 208 cm³/mol. The summed E-state index contributed by atoms with van der Waals surface area (Å²) in [6, 6.07) is 10.2. The van der Waals surface area contributed by atoms with Crippen LogP contribution in [0.1, 0.15) is 67.2 Å². The minimum atomic E-state index is -3.92. The molecule has 3 heterocycles. The number of aromatic nitrogens is 2. The minimum Gasteiger partial charge on any atom is -0.497 e. The number of fused-ring (bicyclic) bond motifs is 1. The highest BCUT2D eigenvalue weighted by Crippen LogP contribution is 2.46. The van der Waals surface area contributed by atoms with E-state index in [0.717, 1.165) is 0 Å². The van der Waals surface area contributed by atoms with Gasteiger partial charge in [0.25, 0.3) is 5.91 Å². The Hall–Kier alpha value is -5.25. The van der Waals surface area contributed by atoms with Gasteiger partial charge >= 0.3 is 6.09 Å². The Morgan fingerprint density at radius 3 is 2.36 bits per heavy atom. The maximum Gasteiger partial charge on any atom is 0.408 e. The van der Waals surface area contributed by atoms with Gasteiger partial charge in [-0.15, -0.1) is 6.58 Å². The molecule has 6 rings (SSSR count). The van der Waals surface area contributed by atoms with Gasteiger partial charge in [0.1, 0.15) is 40.8 Å². The van der Waals surface area contributed by atoms with Crippen molar-refractivity contribution in [1.82, 2.24) is 30.2 Å². The molecule has 2 saturated carbocycles. The first-order valence-corrected chi connectivity index (χ1v) is 20.2. The Kier molecular flexibility index (Phi) is 10.8. The first kappa shape index (κ1) is 40.4. The molecule has 3 N–H and O–H groups in total. The van der Waals surface area contributed by atoms with E-state index in [1.807, 2.05) is 18.2 Å². The van der Waals surface area contributed by atoms with E-state index in [1.165, 1.54) is 11.0 Å². The van der Waals surface area contributed by atoms with Crippen molar-refractivity contribution in [2.45, 2.75) is 102 Å². The lowest BCUT2D eigenvalue weighted by Crippen LogP contribution is -2.60. The first-order chi connectivity index (χ1) is 26.2. The van der Waals surface area contributed by atoms with Crippen molar-refractivity contribution in [3.05, 3.63) is 61.3 Å². The second-order valence-electron chi connectivity index (χ2n) is 16.7. The second-order valence-corrected chi connectivity index (χ2v) is 18.7. The van der Waals surface area contributed by atoms with E-state index in [-0.39, 0.29) is 19.4 Å². The van der Waals surface area contributed by atoms with Gasteiger partial charge in [0.2, 0.25) is 21.8 Å². The van der Waals surface area contributed by atoms with Crippen molar-refractivity contribution >= 4 is 44.7 Å². The molecule has 4 amide bonds. The number of nitrogens with zero attached hydrogens (tertiary/aromatic N) is 3. The second kappa shape index (κ2) is 15.0. The number of likely N-dealkylation sites (tertiary alicyclic amines) is 1. The molecule has 3 aromatic rings. The van der Waals surface area contributed by atoms with Gasteiger partial charge in [-0.25, -0.2) is 18.2 Å². The van der Waals surface area contributed by atoms with Crippen LogP contribution in [0.2, 0.25) is 0 Å². The number of sulfonamides is 1. The zero-order valence-electron chi connectivity index (χ0n) is 32.7. The van der Waals surface area contributed by atoms with Crippen LogP contribution in [0, 0.1) is 11.3 Å². The summed E-state index contributed by atoms with van der Waals surface area (Å²) >= 11 is 0. The molecule has 15 nitrogen and oxygen atoms in total. The molecule has 300 valence electrons. The standard InChI is InChI=1S/C40H50N6O9S/c1-9-23-21-40(23,36(49)45-56(51,52)26-14-15-26)44-34(47)31-19-25(22-46(31)35(48)33(38(2,3)4)43-37(50)55-39(5,6)7)54-32-20-30(28-12-10-11-17-41-28)42-29-18-24(53-8)13-16-27(29)32/h9-13,16-18,20,23,25-26,31,33H,1,14-15,19,21-22H2,2-8H3,(H,43,50)(H,44,47)(H,45,49)/t23-,25-,31+,33-,40-/m1/s1.